The number of hydrogen-bond acceptors (Lipinski definition) is 3. The van der Waals surface area contributed by atoms with Gasteiger partial charge in [0, 0.05) is 10.2 Å². The second-order valence-corrected chi connectivity index (χ2v) is 6.98. The van der Waals surface area contributed by atoms with Gasteiger partial charge in [0.25, 0.3) is 5.91 Å². The van der Waals surface area contributed by atoms with Gasteiger partial charge in [0.05, 0.1) is 11.1 Å². The van der Waals surface area contributed by atoms with E-state index >= 15 is 0 Å². The standard InChI is InChI=1S/C20H18BrClN2O2/c1-3-13(2)26-19-8-7-14(10-18(19)22)9-15(12-23)20(25)24-17-6-4-5-16(21)11-17/h4-11,13H,3H2,1-2H3,(H,24,25)/b15-9-/t13-/m0/s1. The zero-order valence-electron chi connectivity index (χ0n) is 14.4. The highest BCUT2D eigenvalue weighted by Crippen LogP contribution is 2.28. The largest absolute Gasteiger partial charge is 0.489 e. The van der Waals surface area contributed by atoms with E-state index in [1.54, 1.807) is 36.4 Å². The van der Waals surface area contributed by atoms with Crippen LogP contribution in [0.4, 0.5) is 5.69 Å². The number of ether oxygens (including phenoxy) is 1. The predicted octanol–water partition coefficient (Wildman–Crippen LogP) is 5.83. The van der Waals surface area contributed by atoms with E-state index in [0.29, 0.717) is 22.0 Å². The summed E-state index contributed by atoms with van der Waals surface area (Å²) in [6, 6.07) is 14.2. The number of carbonyl (C=O) groups excluding carboxylic acids is 1. The van der Waals surface area contributed by atoms with Crippen LogP contribution >= 0.6 is 27.5 Å². The second kappa shape index (κ2) is 9.42. The quantitative estimate of drug-likeness (QED) is 0.461. The zero-order valence-corrected chi connectivity index (χ0v) is 16.8. The average Bonchev–Trinajstić information content (AvgIpc) is 2.61. The van der Waals surface area contributed by atoms with Crippen LogP contribution in [0.15, 0.2) is 52.5 Å². The molecular weight excluding hydrogens is 416 g/mol. The van der Waals surface area contributed by atoms with Crippen LogP contribution in [0.3, 0.4) is 0 Å². The number of nitrogens with zero attached hydrogens (tertiary/aromatic N) is 1. The molecule has 134 valence electrons. The number of carbonyl (C=O) groups is 1. The Labute approximate surface area is 166 Å². The number of anilines is 1. The number of nitrogens with one attached hydrogen (secondary N) is 1. The van der Waals surface area contributed by atoms with E-state index < -0.39 is 5.91 Å². The molecule has 0 aromatic heterocycles. The van der Waals surface area contributed by atoms with Crippen molar-refractivity contribution in [2.45, 2.75) is 26.4 Å². The molecule has 0 saturated heterocycles. The lowest BCUT2D eigenvalue weighted by Gasteiger charge is -2.14. The van der Waals surface area contributed by atoms with E-state index in [9.17, 15) is 10.1 Å². The minimum atomic E-state index is -0.485. The van der Waals surface area contributed by atoms with Gasteiger partial charge in [-0.3, -0.25) is 4.79 Å². The molecule has 0 bridgehead atoms. The molecule has 2 aromatic rings. The Balaban J connectivity index is 2.18. The first-order valence-electron chi connectivity index (χ1n) is 8.07. The van der Waals surface area contributed by atoms with E-state index in [1.165, 1.54) is 6.08 Å². The van der Waals surface area contributed by atoms with Gasteiger partial charge in [0.2, 0.25) is 0 Å². The molecule has 4 nitrogen and oxygen atoms in total. The molecule has 0 aliphatic carbocycles. The maximum Gasteiger partial charge on any atom is 0.266 e. The molecule has 26 heavy (non-hydrogen) atoms. The molecule has 0 heterocycles. The van der Waals surface area contributed by atoms with Crippen molar-refractivity contribution in [2.24, 2.45) is 0 Å². The summed E-state index contributed by atoms with van der Waals surface area (Å²) in [6.07, 6.45) is 2.41. The van der Waals surface area contributed by atoms with Crippen LogP contribution in [0.2, 0.25) is 5.02 Å². The van der Waals surface area contributed by atoms with Crippen molar-refractivity contribution in [2.75, 3.05) is 5.32 Å². The fraction of sp³-hybridized carbons (Fsp3) is 0.200. The van der Waals surface area contributed by atoms with Gasteiger partial charge < -0.3 is 10.1 Å². The van der Waals surface area contributed by atoms with Crippen molar-refractivity contribution < 1.29 is 9.53 Å². The minimum absolute atomic E-state index is 0.0170. The first kappa shape index (κ1) is 20.0. The Bertz CT molecular complexity index is 874. The zero-order chi connectivity index (χ0) is 19.1. The lowest BCUT2D eigenvalue weighted by atomic mass is 10.1. The Morgan fingerprint density at radius 3 is 2.77 bits per heavy atom. The van der Waals surface area contributed by atoms with Gasteiger partial charge in [-0.15, -0.1) is 0 Å². The van der Waals surface area contributed by atoms with Crippen LogP contribution < -0.4 is 10.1 Å². The summed E-state index contributed by atoms with van der Waals surface area (Å²) in [5, 5.41) is 12.4. The van der Waals surface area contributed by atoms with Crippen LogP contribution in [-0.2, 0) is 4.79 Å². The van der Waals surface area contributed by atoms with Gasteiger partial charge in [-0.1, -0.05) is 46.6 Å². The summed E-state index contributed by atoms with van der Waals surface area (Å²) in [5.74, 6) is 0.0944. The van der Waals surface area contributed by atoms with Gasteiger partial charge in [-0.25, -0.2) is 0 Å². The Hall–Kier alpha value is -2.29. The second-order valence-electron chi connectivity index (χ2n) is 5.66. The molecule has 0 saturated carbocycles. The molecule has 1 N–H and O–H groups in total. The van der Waals surface area contributed by atoms with E-state index in [0.717, 1.165) is 10.9 Å². The average molecular weight is 434 g/mol. The number of nitriles is 1. The van der Waals surface area contributed by atoms with Crippen molar-refractivity contribution in [3.63, 3.8) is 0 Å². The van der Waals surface area contributed by atoms with Crippen LogP contribution in [-0.4, -0.2) is 12.0 Å². The molecule has 2 aromatic carbocycles. The smallest absolute Gasteiger partial charge is 0.266 e. The highest BCUT2D eigenvalue weighted by Gasteiger charge is 2.11. The lowest BCUT2D eigenvalue weighted by Crippen LogP contribution is -2.13. The van der Waals surface area contributed by atoms with Crippen LogP contribution in [0.1, 0.15) is 25.8 Å². The van der Waals surface area contributed by atoms with Gasteiger partial charge in [0.1, 0.15) is 17.4 Å². The van der Waals surface area contributed by atoms with Crippen molar-refractivity contribution in [1.82, 2.24) is 0 Å². The normalized spacial score (nSPS) is 12.2. The van der Waals surface area contributed by atoms with Crippen molar-refractivity contribution in [1.29, 1.82) is 5.26 Å². The SMILES string of the molecule is CC[C@H](C)Oc1ccc(/C=C(/C#N)C(=O)Nc2cccc(Br)c2)cc1Cl. The third-order valence-corrected chi connectivity index (χ3v) is 4.41. The topological polar surface area (TPSA) is 62.1 Å². The van der Waals surface area contributed by atoms with E-state index in [-0.39, 0.29) is 11.7 Å². The van der Waals surface area contributed by atoms with Gasteiger partial charge in [-0.05, 0) is 55.3 Å². The number of benzene rings is 2. The molecular formula is C20H18BrClN2O2. The first-order valence-corrected chi connectivity index (χ1v) is 9.25. The number of halogens is 2. The van der Waals surface area contributed by atoms with E-state index in [1.807, 2.05) is 26.0 Å². The molecule has 0 aliphatic heterocycles. The van der Waals surface area contributed by atoms with Crippen LogP contribution in [0.5, 0.6) is 5.75 Å². The monoisotopic (exact) mass is 432 g/mol. The highest BCUT2D eigenvalue weighted by molar-refractivity contribution is 9.10. The molecule has 2 rings (SSSR count). The van der Waals surface area contributed by atoms with Crippen LogP contribution in [0.25, 0.3) is 6.08 Å². The van der Waals surface area contributed by atoms with Gasteiger partial charge in [0.15, 0.2) is 0 Å². The molecule has 6 heteroatoms. The predicted molar refractivity (Wildman–Crippen MR) is 108 cm³/mol. The molecule has 0 spiro atoms. The Morgan fingerprint density at radius 1 is 1.38 bits per heavy atom. The maximum absolute atomic E-state index is 12.3. The summed E-state index contributed by atoms with van der Waals surface area (Å²) in [6.45, 7) is 3.99. The van der Waals surface area contributed by atoms with Crippen molar-refractivity contribution in [3.05, 3.63) is 63.1 Å². The van der Waals surface area contributed by atoms with Gasteiger partial charge >= 0.3 is 0 Å². The fourth-order valence-corrected chi connectivity index (χ4v) is 2.72. The molecule has 0 fully saturated rings. The Morgan fingerprint density at radius 2 is 2.15 bits per heavy atom. The number of amides is 1. The number of rotatable bonds is 6. The highest BCUT2D eigenvalue weighted by atomic mass is 79.9. The van der Waals surface area contributed by atoms with E-state index in [2.05, 4.69) is 21.2 Å². The number of hydrogen-bond donors (Lipinski definition) is 1. The molecule has 0 radical (unpaired) electrons. The summed E-state index contributed by atoms with van der Waals surface area (Å²) in [4.78, 5) is 12.3. The summed E-state index contributed by atoms with van der Waals surface area (Å²) in [7, 11) is 0. The third-order valence-electron chi connectivity index (χ3n) is 3.62. The van der Waals surface area contributed by atoms with E-state index in [4.69, 9.17) is 16.3 Å². The fourth-order valence-electron chi connectivity index (χ4n) is 2.08. The van der Waals surface area contributed by atoms with Crippen molar-refractivity contribution in [3.8, 4) is 11.8 Å². The molecule has 1 atom stereocenters. The van der Waals surface area contributed by atoms with Crippen LogP contribution in [0, 0.1) is 11.3 Å². The molecule has 0 aliphatic rings. The minimum Gasteiger partial charge on any atom is -0.489 e. The maximum atomic E-state index is 12.3. The lowest BCUT2D eigenvalue weighted by molar-refractivity contribution is -0.112. The van der Waals surface area contributed by atoms with Gasteiger partial charge in [-0.2, -0.15) is 5.26 Å². The summed E-state index contributed by atoms with van der Waals surface area (Å²) < 4.78 is 6.55. The third kappa shape index (κ3) is 5.62. The molecule has 0 unspecified atom stereocenters. The Kier molecular flexibility index (Phi) is 7.26. The molecule has 1 amide bonds. The summed E-state index contributed by atoms with van der Waals surface area (Å²) >= 11 is 9.58. The summed E-state index contributed by atoms with van der Waals surface area (Å²) in [5.41, 5.74) is 1.23. The van der Waals surface area contributed by atoms with Crippen molar-refractivity contribution >= 4 is 45.2 Å². The first-order chi connectivity index (χ1) is 12.4.